The molecule has 1 aliphatic heterocycles. The Morgan fingerprint density at radius 3 is 2.73 bits per heavy atom. The third-order valence-corrected chi connectivity index (χ3v) is 7.70. The fourth-order valence-electron chi connectivity index (χ4n) is 3.45. The molecule has 2 heterocycles. The molecule has 1 saturated heterocycles. The Bertz CT molecular complexity index is 1020. The van der Waals surface area contributed by atoms with Gasteiger partial charge in [-0.05, 0) is 42.8 Å². The molecule has 0 saturated carbocycles. The van der Waals surface area contributed by atoms with Crippen LogP contribution in [0.3, 0.4) is 0 Å². The number of carbonyl (C=O) groups excluding carboxylic acids is 1. The van der Waals surface area contributed by atoms with Crippen molar-refractivity contribution in [1.82, 2.24) is 9.88 Å². The van der Waals surface area contributed by atoms with Crippen molar-refractivity contribution < 1.29 is 9.53 Å². The number of aromatic nitrogens is 1. The topological polar surface area (TPSA) is 45.7 Å². The number of hydrogen-bond donors (Lipinski definition) is 0. The number of anilines is 1. The van der Waals surface area contributed by atoms with E-state index < -0.39 is 0 Å². The van der Waals surface area contributed by atoms with Gasteiger partial charge in [0.1, 0.15) is 0 Å². The number of hydrogen-bond acceptors (Lipinski definition) is 7. The molecule has 3 aromatic rings. The van der Waals surface area contributed by atoms with Gasteiger partial charge >= 0.3 is 0 Å². The van der Waals surface area contributed by atoms with Crippen LogP contribution in [0, 0.1) is 0 Å². The van der Waals surface area contributed by atoms with Crippen molar-refractivity contribution in [3.63, 3.8) is 0 Å². The van der Waals surface area contributed by atoms with Gasteiger partial charge in [0, 0.05) is 36.0 Å². The number of carbonyl (C=O) groups is 1. The first-order chi connectivity index (χ1) is 14.7. The second-order valence-electron chi connectivity index (χ2n) is 6.94. The molecular weight excluding hydrogens is 434 g/mol. The zero-order chi connectivity index (χ0) is 20.9. The molecule has 5 nitrogen and oxygen atoms in total. The number of rotatable bonds is 7. The minimum absolute atomic E-state index is 0.0114. The molecule has 2 aromatic carbocycles. The van der Waals surface area contributed by atoms with Crippen LogP contribution in [0.25, 0.3) is 10.2 Å². The van der Waals surface area contributed by atoms with Crippen molar-refractivity contribution >= 4 is 56.1 Å². The lowest BCUT2D eigenvalue weighted by atomic mass is 10.2. The third-order valence-electron chi connectivity index (χ3n) is 5.14. The smallest absolute Gasteiger partial charge is 0.261 e. The number of thioether (sulfide) groups is 2. The normalized spacial score (nSPS) is 14.9. The molecule has 0 radical (unpaired) electrons. The van der Waals surface area contributed by atoms with Crippen LogP contribution in [-0.4, -0.2) is 67.7 Å². The van der Waals surface area contributed by atoms with E-state index in [1.54, 1.807) is 34.9 Å². The number of morpholine rings is 1. The summed E-state index contributed by atoms with van der Waals surface area (Å²) in [7, 11) is 0. The lowest BCUT2D eigenvalue weighted by Crippen LogP contribution is -2.43. The molecule has 30 heavy (non-hydrogen) atoms. The van der Waals surface area contributed by atoms with Crippen LogP contribution in [0.1, 0.15) is 10.4 Å². The molecular formula is C22H25N3O2S3. The van der Waals surface area contributed by atoms with Crippen LogP contribution < -0.4 is 4.90 Å². The van der Waals surface area contributed by atoms with E-state index in [1.165, 1.54) is 4.90 Å². The monoisotopic (exact) mass is 459 g/mol. The van der Waals surface area contributed by atoms with Crippen LogP contribution in [0.15, 0.2) is 52.3 Å². The first-order valence-corrected chi connectivity index (χ1v) is 13.2. The summed E-state index contributed by atoms with van der Waals surface area (Å²) in [6.07, 6.45) is 4.08. The van der Waals surface area contributed by atoms with Crippen molar-refractivity contribution in [2.75, 3.05) is 56.8 Å². The van der Waals surface area contributed by atoms with E-state index >= 15 is 0 Å². The fourth-order valence-corrected chi connectivity index (χ4v) is 5.59. The van der Waals surface area contributed by atoms with Crippen molar-refractivity contribution in [2.24, 2.45) is 0 Å². The van der Waals surface area contributed by atoms with E-state index in [4.69, 9.17) is 9.72 Å². The zero-order valence-electron chi connectivity index (χ0n) is 17.2. The predicted molar refractivity (Wildman–Crippen MR) is 129 cm³/mol. The van der Waals surface area contributed by atoms with Gasteiger partial charge in [0.25, 0.3) is 5.91 Å². The summed E-state index contributed by atoms with van der Waals surface area (Å²) in [5, 5.41) is 0.761. The maximum absolute atomic E-state index is 13.6. The van der Waals surface area contributed by atoms with Crippen LogP contribution >= 0.6 is 34.9 Å². The zero-order valence-corrected chi connectivity index (χ0v) is 19.6. The van der Waals surface area contributed by atoms with E-state index in [1.807, 2.05) is 41.5 Å². The summed E-state index contributed by atoms with van der Waals surface area (Å²) in [4.78, 5) is 24.8. The molecule has 0 aliphatic carbocycles. The van der Waals surface area contributed by atoms with Gasteiger partial charge < -0.3 is 4.74 Å². The van der Waals surface area contributed by atoms with Crippen molar-refractivity contribution in [3.05, 3.63) is 48.0 Å². The highest BCUT2D eigenvalue weighted by Gasteiger charge is 2.24. The van der Waals surface area contributed by atoms with Gasteiger partial charge in [-0.25, -0.2) is 4.98 Å². The molecule has 158 valence electrons. The molecule has 0 N–H and O–H groups in total. The maximum atomic E-state index is 13.6. The molecule has 1 aliphatic rings. The maximum Gasteiger partial charge on any atom is 0.261 e. The van der Waals surface area contributed by atoms with Crippen LogP contribution in [-0.2, 0) is 4.74 Å². The Morgan fingerprint density at radius 1 is 1.17 bits per heavy atom. The molecule has 1 fully saturated rings. The fraction of sp³-hybridized carbons (Fsp3) is 0.364. The van der Waals surface area contributed by atoms with Crippen molar-refractivity contribution in [2.45, 2.75) is 9.79 Å². The highest BCUT2D eigenvalue weighted by atomic mass is 32.2. The molecule has 4 rings (SSSR count). The number of fused-ring (bicyclic) bond motifs is 1. The van der Waals surface area contributed by atoms with Gasteiger partial charge in [-0.2, -0.15) is 0 Å². The van der Waals surface area contributed by atoms with Crippen LogP contribution in [0.5, 0.6) is 0 Å². The third kappa shape index (κ3) is 4.84. The van der Waals surface area contributed by atoms with Crippen LogP contribution in [0.2, 0.25) is 0 Å². The van der Waals surface area contributed by atoms with Gasteiger partial charge in [-0.15, -0.1) is 23.5 Å². The molecule has 0 atom stereocenters. The average molecular weight is 460 g/mol. The van der Waals surface area contributed by atoms with Gasteiger partial charge in [0.05, 0.1) is 29.0 Å². The second kappa shape index (κ2) is 10.2. The summed E-state index contributed by atoms with van der Waals surface area (Å²) in [5.74, 6) is 0.0114. The van der Waals surface area contributed by atoms with Gasteiger partial charge in [-0.1, -0.05) is 23.5 Å². The highest BCUT2D eigenvalue weighted by Crippen LogP contribution is 2.33. The van der Waals surface area contributed by atoms with E-state index in [9.17, 15) is 4.79 Å². The largest absolute Gasteiger partial charge is 0.379 e. The Hall–Kier alpha value is -1.58. The Balaban J connectivity index is 1.66. The molecule has 1 aromatic heterocycles. The van der Waals surface area contributed by atoms with Crippen molar-refractivity contribution in [1.29, 1.82) is 0 Å². The lowest BCUT2D eigenvalue weighted by Gasteiger charge is -2.29. The standard InChI is InChI=1S/C22H25N3O2S3/c1-28-16-7-8-18-20(15-16)30-22(23-18)25(10-9-24-11-13-27-14-12-24)21(26)17-5-3-4-6-19(17)29-2/h3-8,15H,9-14H2,1-2H3. The number of benzene rings is 2. The minimum atomic E-state index is 0.0114. The summed E-state index contributed by atoms with van der Waals surface area (Å²) < 4.78 is 6.57. The quantitative estimate of drug-likeness (QED) is 0.477. The van der Waals surface area contributed by atoms with Gasteiger partial charge in [0.15, 0.2) is 5.13 Å². The second-order valence-corrected chi connectivity index (χ2v) is 9.68. The summed E-state index contributed by atoms with van der Waals surface area (Å²) in [6, 6.07) is 14.1. The van der Waals surface area contributed by atoms with Crippen molar-refractivity contribution in [3.8, 4) is 0 Å². The summed E-state index contributed by atoms with van der Waals surface area (Å²) in [6.45, 7) is 4.73. The van der Waals surface area contributed by atoms with E-state index in [-0.39, 0.29) is 5.91 Å². The molecule has 0 unspecified atom stereocenters. The summed E-state index contributed by atoms with van der Waals surface area (Å²) >= 11 is 4.90. The predicted octanol–water partition coefficient (Wildman–Crippen LogP) is 4.72. The lowest BCUT2D eigenvalue weighted by molar-refractivity contribution is 0.0391. The Morgan fingerprint density at radius 2 is 1.97 bits per heavy atom. The van der Waals surface area contributed by atoms with E-state index in [2.05, 4.69) is 23.3 Å². The molecule has 1 amide bonds. The first-order valence-electron chi connectivity index (χ1n) is 9.89. The molecule has 0 spiro atoms. The van der Waals surface area contributed by atoms with Crippen LogP contribution in [0.4, 0.5) is 5.13 Å². The highest BCUT2D eigenvalue weighted by molar-refractivity contribution is 7.98. The van der Waals surface area contributed by atoms with Gasteiger partial charge in [0.2, 0.25) is 0 Å². The molecule has 0 bridgehead atoms. The first kappa shape index (κ1) is 21.6. The number of thiazole rings is 1. The number of ether oxygens (including phenoxy) is 1. The number of amides is 1. The van der Waals surface area contributed by atoms with E-state index in [0.717, 1.165) is 58.7 Å². The minimum Gasteiger partial charge on any atom is -0.379 e. The van der Waals surface area contributed by atoms with E-state index in [0.29, 0.717) is 6.54 Å². The average Bonchev–Trinajstić information content (AvgIpc) is 3.22. The number of nitrogens with zero attached hydrogens (tertiary/aromatic N) is 3. The Kier molecular flexibility index (Phi) is 7.32. The molecule has 8 heteroatoms. The Labute approximate surface area is 189 Å². The summed E-state index contributed by atoms with van der Waals surface area (Å²) in [5.41, 5.74) is 1.67. The SMILES string of the molecule is CSc1ccc2nc(N(CCN3CCOCC3)C(=O)c3ccccc3SC)sc2c1. The van der Waals surface area contributed by atoms with Gasteiger partial charge in [-0.3, -0.25) is 14.6 Å².